The summed E-state index contributed by atoms with van der Waals surface area (Å²) in [7, 11) is 0. The molecule has 0 saturated heterocycles. The number of thiophene rings is 1. The molecule has 0 saturated carbocycles. The van der Waals surface area contributed by atoms with Crippen molar-refractivity contribution < 1.29 is 4.79 Å². The van der Waals surface area contributed by atoms with Gasteiger partial charge in [-0.2, -0.15) is 0 Å². The molecule has 1 N–H and O–H groups in total. The average Bonchev–Trinajstić information content (AvgIpc) is 2.85. The first-order valence-corrected chi connectivity index (χ1v) is 8.51. The van der Waals surface area contributed by atoms with Gasteiger partial charge in [-0.25, -0.2) is 0 Å². The zero-order chi connectivity index (χ0) is 12.8. The van der Waals surface area contributed by atoms with E-state index < -0.39 is 0 Å². The van der Waals surface area contributed by atoms with Gasteiger partial charge in [0.05, 0.1) is 5.75 Å². The smallest absolute Gasteiger partial charge is 0.234 e. The van der Waals surface area contributed by atoms with Crippen LogP contribution < -0.4 is 5.32 Å². The molecule has 0 fully saturated rings. The van der Waals surface area contributed by atoms with E-state index in [4.69, 9.17) is 0 Å². The zero-order valence-corrected chi connectivity index (χ0v) is 13.3. The Balaban J connectivity index is 1.73. The van der Waals surface area contributed by atoms with Crippen molar-refractivity contribution in [2.24, 2.45) is 0 Å². The fraction of sp³-hybridized carbons (Fsp3) is 0.154. The van der Waals surface area contributed by atoms with Crippen molar-refractivity contribution in [3.05, 3.63) is 50.2 Å². The van der Waals surface area contributed by atoms with Gasteiger partial charge in [-0.15, -0.1) is 23.1 Å². The van der Waals surface area contributed by atoms with Crippen LogP contribution >= 0.6 is 45.7 Å². The van der Waals surface area contributed by atoms with Crippen LogP contribution in [0.1, 0.15) is 4.88 Å². The Morgan fingerprint density at radius 2 is 2.06 bits per heavy atom. The van der Waals surface area contributed by atoms with Crippen LogP contribution in [0.3, 0.4) is 0 Å². The van der Waals surface area contributed by atoms with Crippen LogP contribution in [0.25, 0.3) is 0 Å². The summed E-state index contributed by atoms with van der Waals surface area (Å²) in [6.45, 7) is 0. The van der Waals surface area contributed by atoms with Crippen LogP contribution in [0.5, 0.6) is 0 Å². The molecule has 5 heteroatoms. The van der Waals surface area contributed by atoms with Gasteiger partial charge in [0.25, 0.3) is 0 Å². The molecule has 0 aliphatic rings. The molecule has 0 aliphatic carbocycles. The number of benzene rings is 1. The summed E-state index contributed by atoms with van der Waals surface area (Å²) < 4.78 is 1.16. The summed E-state index contributed by atoms with van der Waals surface area (Å²) in [5.41, 5.74) is 0.858. The van der Waals surface area contributed by atoms with Gasteiger partial charge in [0.2, 0.25) is 5.91 Å². The molecule has 1 aromatic carbocycles. The number of carbonyl (C=O) groups excluding carboxylic acids is 1. The highest BCUT2D eigenvalue weighted by Gasteiger charge is 2.03. The Morgan fingerprint density at radius 1 is 1.28 bits per heavy atom. The van der Waals surface area contributed by atoms with Crippen LogP contribution in [-0.4, -0.2) is 11.7 Å². The molecular weight excluding hydrogens is 377 g/mol. The Hall–Kier alpha value is -0.530. The first-order chi connectivity index (χ1) is 8.74. The van der Waals surface area contributed by atoms with Crippen LogP contribution in [0.15, 0.2) is 41.8 Å². The van der Waals surface area contributed by atoms with Gasteiger partial charge in [-0.3, -0.25) is 4.79 Å². The lowest BCUT2D eigenvalue weighted by atomic mass is 10.3. The molecule has 94 valence electrons. The molecule has 0 aliphatic heterocycles. The molecule has 0 atom stereocenters. The van der Waals surface area contributed by atoms with Crippen LogP contribution in [0.2, 0.25) is 0 Å². The first kappa shape index (κ1) is 13.9. The van der Waals surface area contributed by atoms with Gasteiger partial charge in [-0.1, -0.05) is 6.07 Å². The highest BCUT2D eigenvalue weighted by molar-refractivity contribution is 14.1. The standard InChI is InChI=1S/C13H12INOS2/c14-10-3-5-11(6-4-10)15-13(16)9-17-8-12-2-1-7-18-12/h1-7H,8-9H2,(H,15,16). The minimum Gasteiger partial charge on any atom is -0.325 e. The summed E-state index contributed by atoms with van der Waals surface area (Å²) in [6, 6.07) is 11.9. The quantitative estimate of drug-likeness (QED) is 0.776. The second-order valence-corrected chi connectivity index (χ2v) is 6.89. The van der Waals surface area contributed by atoms with Crippen molar-refractivity contribution in [3.8, 4) is 0 Å². The number of halogens is 1. The fourth-order valence-electron chi connectivity index (χ4n) is 1.37. The van der Waals surface area contributed by atoms with Gasteiger partial charge in [-0.05, 0) is 58.3 Å². The van der Waals surface area contributed by atoms with E-state index >= 15 is 0 Å². The van der Waals surface area contributed by atoms with E-state index in [1.165, 1.54) is 4.88 Å². The lowest BCUT2D eigenvalue weighted by Gasteiger charge is -2.04. The van der Waals surface area contributed by atoms with E-state index in [2.05, 4.69) is 39.4 Å². The lowest BCUT2D eigenvalue weighted by Crippen LogP contribution is -2.13. The number of anilines is 1. The number of nitrogens with one attached hydrogen (secondary N) is 1. The Kier molecular flexibility index (Phi) is 5.52. The van der Waals surface area contributed by atoms with E-state index in [9.17, 15) is 4.79 Å². The largest absolute Gasteiger partial charge is 0.325 e. The van der Waals surface area contributed by atoms with Crippen LogP contribution in [-0.2, 0) is 10.5 Å². The van der Waals surface area contributed by atoms with Crippen molar-refractivity contribution >= 4 is 57.3 Å². The predicted octanol–water partition coefficient (Wildman–Crippen LogP) is 4.22. The minimum absolute atomic E-state index is 0.0535. The lowest BCUT2D eigenvalue weighted by molar-refractivity contribution is -0.113. The molecule has 0 spiro atoms. The maximum absolute atomic E-state index is 11.7. The maximum atomic E-state index is 11.7. The van der Waals surface area contributed by atoms with Gasteiger partial charge in [0.1, 0.15) is 0 Å². The summed E-state index contributed by atoms with van der Waals surface area (Å²) in [5.74, 6) is 1.44. The summed E-state index contributed by atoms with van der Waals surface area (Å²) in [4.78, 5) is 13.0. The SMILES string of the molecule is O=C(CSCc1cccs1)Nc1ccc(I)cc1. The second kappa shape index (κ2) is 7.16. The molecule has 2 aromatic rings. The first-order valence-electron chi connectivity index (χ1n) is 5.39. The Bertz CT molecular complexity index is 496. The van der Waals surface area contributed by atoms with Crippen molar-refractivity contribution in [2.45, 2.75) is 5.75 Å². The molecule has 1 amide bonds. The molecule has 1 heterocycles. The molecular formula is C13H12INOS2. The molecule has 2 nitrogen and oxygen atoms in total. The summed E-state index contributed by atoms with van der Waals surface area (Å²) in [6.07, 6.45) is 0. The summed E-state index contributed by atoms with van der Waals surface area (Å²) in [5, 5.41) is 4.95. The van der Waals surface area contributed by atoms with E-state index in [-0.39, 0.29) is 5.91 Å². The fourth-order valence-corrected chi connectivity index (χ4v) is 3.40. The Morgan fingerprint density at radius 3 is 2.72 bits per heavy atom. The van der Waals surface area contributed by atoms with E-state index in [1.807, 2.05) is 30.3 Å². The van der Waals surface area contributed by atoms with Gasteiger partial charge in [0.15, 0.2) is 0 Å². The Labute approximate surface area is 128 Å². The van der Waals surface area contributed by atoms with Crippen LogP contribution in [0, 0.1) is 3.57 Å². The normalized spacial score (nSPS) is 10.3. The van der Waals surface area contributed by atoms with Gasteiger partial charge < -0.3 is 5.32 Å². The zero-order valence-electron chi connectivity index (χ0n) is 9.56. The van der Waals surface area contributed by atoms with Gasteiger partial charge >= 0.3 is 0 Å². The molecule has 18 heavy (non-hydrogen) atoms. The minimum atomic E-state index is 0.0535. The third kappa shape index (κ3) is 4.62. The monoisotopic (exact) mass is 389 g/mol. The molecule has 0 unspecified atom stereocenters. The van der Waals surface area contributed by atoms with E-state index in [0.717, 1.165) is 15.0 Å². The number of thioether (sulfide) groups is 1. The van der Waals surface area contributed by atoms with Gasteiger partial charge in [0, 0.05) is 19.9 Å². The van der Waals surface area contributed by atoms with Crippen molar-refractivity contribution in [1.82, 2.24) is 0 Å². The number of rotatable bonds is 5. The number of hydrogen-bond acceptors (Lipinski definition) is 3. The van der Waals surface area contributed by atoms with Crippen molar-refractivity contribution in [2.75, 3.05) is 11.1 Å². The second-order valence-electron chi connectivity index (χ2n) is 3.63. The van der Waals surface area contributed by atoms with Crippen molar-refractivity contribution in [1.29, 1.82) is 0 Å². The third-order valence-corrected chi connectivity index (χ3v) is 4.95. The van der Waals surface area contributed by atoms with Crippen molar-refractivity contribution in [3.63, 3.8) is 0 Å². The van der Waals surface area contributed by atoms with E-state index in [0.29, 0.717) is 5.75 Å². The number of hydrogen-bond donors (Lipinski definition) is 1. The molecule has 0 radical (unpaired) electrons. The maximum Gasteiger partial charge on any atom is 0.234 e. The third-order valence-electron chi connectivity index (χ3n) is 2.19. The highest BCUT2D eigenvalue weighted by Crippen LogP contribution is 2.17. The predicted molar refractivity (Wildman–Crippen MR) is 88.3 cm³/mol. The average molecular weight is 389 g/mol. The molecule has 0 bridgehead atoms. The topological polar surface area (TPSA) is 29.1 Å². The van der Waals surface area contributed by atoms with Crippen LogP contribution in [0.4, 0.5) is 5.69 Å². The number of carbonyl (C=O) groups is 1. The number of amides is 1. The van der Waals surface area contributed by atoms with E-state index in [1.54, 1.807) is 23.1 Å². The molecule has 1 aromatic heterocycles. The summed E-state index contributed by atoms with van der Waals surface area (Å²) >= 11 is 5.61. The highest BCUT2D eigenvalue weighted by atomic mass is 127. The molecule has 2 rings (SSSR count).